The van der Waals surface area contributed by atoms with Crippen molar-refractivity contribution < 1.29 is 17.6 Å². The molecule has 5 nitrogen and oxygen atoms in total. The third-order valence-corrected chi connectivity index (χ3v) is 3.90. The van der Waals surface area contributed by atoms with E-state index in [1.807, 2.05) is 0 Å². The molecule has 3 heterocycles. The van der Waals surface area contributed by atoms with Crippen LogP contribution in [0.5, 0.6) is 0 Å². The lowest BCUT2D eigenvalue weighted by Crippen LogP contribution is -2.44. The topological polar surface area (TPSA) is 76.8 Å². The normalized spacial score (nSPS) is 20.4. The molecule has 0 spiro atoms. The molecule has 2 unspecified atom stereocenters. The van der Waals surface area contributed by atoms with Gasteiger partial charge in [-0.3, -0.25) is 4.98 Å². The van der Waals surface area contributed by atoms with Gasteiger partial charge in [0.15, 0.2) is 11.3 Å². The Bertz CT molecular complexity index is 840. The maximum absolute atomic E-state index is 13.0. The highest BCUT2D eigenvalue weighted by molar-refractivity contribution is 7.82. The summed E-state index contributed by atoms with van der Waals surface area (Å²) in [5, 5.41) is 0.790. The molecule has 0 radical (unpaired) electrons. The zero-order chi connectivity index (χ0) is 16.8. The average molecular weight is 340 g/mol. The van der Waals surface area contributed by atoms with E-state index in [0.717, 1.165) is 5.39 Å². The summed E-state index contributed by atoms with van der Waals surface area (Å²) in [6.07, 6.45) is -2.90. The number of furan rings is 1. The van der Waals surface area contributed by atoms with Crippen LogP contribution in [0.4, 0.5) is 13.2 Å². The molecule has 0 aliphatic carbocycles. The number of hydrogen-bond acceptors (Lipinski definition) is 6. The highest BCUT2D eigenvalue weighted by Gasteiger charge is 2.42. The number of fused-ring (bicyclic) bond motifs is 1. The number of rotatable bonds is 2. The smallest absolute Gasteiger partial charge is 0.434 e. The van der Waals surface area contributed by atoms with Crippen molar-refractivity contribution in [3.05, 3.63) is 30.3 Å². The minimum atomic E-state index is -4.67. The van der Waals surface area contributed by atoms with E-state index < -0.39 is 28.8 Å². The van der Waals surface area contributed by atoms with Crippen LogP contribution in [0.1, 0.15) is 18.5 Å². The highest BCUT2D eigenvalue weighted by atomic mass is 32.1. The third kappa shape index (κ3) is 2.89. The van der Waals surface area contributed by atoms with Gasteiger partial charge in [0.2, 0.25) is 0 Å². The number of amidine groups is 1. The molecule has 0 fully saturated rings. The number of halogens is 3. The molecular weight excluding hydrogens is 329 g/mol. The molecule has 2 N–H and O–H groups in total. The fourth-order valence-electron chi connectivity index (χ4n) is 2.21. The molecule has 2 aromatic heterocycles. The highest BCUT2D eigenvalue weighted by Crippen LogP contribution is 2.27. The van der Waals surface area contributed by atoms with Gasteiger partial charge in [-0.25, -0.2) is 9.98 Å². The van der Waals surface area contributed by atoms with E-state index in [1.54, 1.807) is 19.1 Å². The number of alkyl halides is 3. The first-order valence-electron chi connectivity index (χ1n) is 6.64. The van der Waals surface area contributed by atoms with Crippen LogP contribution >= 0.6 is 12.2 Å². The van der Waals surface area contributed by atoms with Crippen LogP contribution in [0.3, 0.4) is 0 Å². The van der Waals surface area contributed by atoms with E-state index in [0.29, 0.717) is 11.3 Å². The second kappa shape index (κ2) is 5.50. The van der Waals surface area contributed by atoms with Gasteiger partial charge < -0.3 is 10.2 Å². The average Bonchev–Trinajstić information content (AvgIpc) is 2.95. The van der Waals surface area contributed by atoms with Gasteiger partial charge in [-0.1, -0.05) is 12.2 Å². The van der Waals surface area contributed by atoms with Crippen LogP contribution in [0.25, 0.3) is 11.0 Å². The lowest BCUT2D eigenvalue weighted by Gasteiger charge is -2.22. The summed E-state index contributed by atoms with van der Waals surface area (Å²) in [4.78, 5) is 11.2. The van der Waals surface area contributed by atoms with Gasteiger partial charge in [-0.2, -0.15) is 13.2 Å². The van der Waals surface area contributed by atoms with Gasteiger partial charge >= 0.3 is 6.18 Å². The number of hydrogen-bond donors (Lipinski definition) is 1. The lowest BCUT2D eigenvalue weighted by molar-refractivity contribution is -0.0566. The molecule has 0 saturated heterocycles. The molecule has 0 saturated carbocycles. The molecule has 1 aliphatic rings. The van der Waals surface area contributed by atoms with Crippen LogP contribution in [-0.2, 0) is 0 Å². The molecule has 0 bridgehead atoms. The maximum Gasteiger partial charge on any atom is 0.434 e. The van der Waals surface area contributed by atoms with Crippen molar-refractivity contribution in [1.29, 1.82) is 0 Å². The minimum absolute atomic E-state index is 0.0474. The van der Waals surface area contributed by atoms with Gasteiger partial charge in [0.25, 0.3) is 0 Å². The molecular formula is C14H11F3N4OS. The maximum atomic E-state index is 13.0. The monoisotopic (exact) mass is 340 g/mol. The van der Waals surface area contributed by atoms with Crippen molar-refractivity contribution in [2.45, 2.75) is 25.2 Å². The van der Waals surface area contributed by atoms with Crippen molar-refractivity contribution in [2.24, 2.45) is 15.7 Å². The summed E-state index contributed by atoms with van der Waals surface area (Å²) in [7, 11) is 0. The number of nitrogens with two attached hydrogens (primary N) is 1. The van der Waals surface area contributed by atoms with Gasteiger partial charge in [0, 0.05) is 5.39 Å². The third-order valence-electron chi connectivity index (χ3n) is 3.46. The van der Waals surface area contributed by atoms with Gasteiger partial charge in [-0.15, -0.1) is 0 Å². The van der Waals surface area contributed by atoms with Crippen LogP contribution in [0, 0.1) is 0 Å². The summed E-state index contributed by atoms with van der Waals surface area (Å²) in [5.41, 5.74) is 5.54. The largest absolute Gasteiger partial charge is 0.463 e. The Morgan fingerprint density at radius 3 is 2.83 bits per heavy atom. The van der Waals surface area contributed by atoms with Crippen molar-refractivity contribution in [3.8, 4) is 0 Å². The van der Waals surface area contributed by atoms with Crippen LogP contribution < -0.4 is 5.73 Å². The van der Waals surface area contributed by atoms with Gasteiger partial charge in [-0.05, 0) is 19.1 Å². The molecule has 1 aliphatic heterocycles. The van der Waals surface area contributed by atoms with E-state index in [1.165, 1.54) is 12.5 Å². The Hall–Kier alpha value is -2.13. The van der Waals surface area contributed by atoms with Crippen LogP contribution in [0.2, 0.25) is 0 Å². The fourth-order valence-corrected chi connectivity index (χ4v) is 2.42. The minimum Gasteiger partial charge on any atom is -0.463 e. The Morgan fingerprint density at radius 2 is 2.13 bits per heavy atom. The Kier molecular flexibility index (Phi) is 3.77. The second-order valence-corrected chi connectivity index (χ2v) is 5.48. The summed E-state index contributed by atoms with van der Waals surface area (Å²) in [5.74, 6) is -0.616. The predicted molar refractivity (Wildman–Crippen MR) is 83.9 cm³/mol. The number of thiocarbonyl (C=S) groups is 1. The quantitative estimate of drug-likeness (QED) is 0.853. The standard InChI is InChI=1S/C14H11F3N4OS/c1-6(8-4-7-2-3-22-9(7)5-19-8)13-20-11(14(15,16)17)10(23)12(18)21-13/h2-6,12H,18H2,1H3. The molecule has 120 valence electrons. The molecule has 2 aromatic rings. The number of aromatic nitrogens is 1. The molecule has 2 atom stereocenters. The molecule has 0 aromatic carbocycles. The van der Waals surface area contributed by atoms with Gasteiger partial charge in [0.1, 0.15) is 12.0 Å². The number of aliphatic imine (C=N–C) groups is 2. The van der Waals surface area contributed by atoms with Crippen LogP contribution in [-0.4, -0.2) is 33.7 Å². The van der Waals surface area contributed by atoms with Crippen molar-refractivity contribution in [3.63, 3.8) is 0 Å². The fraction of sp³-hybridized carbons (Fsp3) is 0.286. The van der Waals surface area contributed by atoms with Crippen molar-refractivity contribution in [1.82, 2.24) is 4.98 Å². The van der Waals surface area contributed by atoms with Crippen molar-refractivity contribution in [2.75, 3.05) is 0 Å². The predicted octanol–water partition coefficient (Wildman–Crippen LogP) is 3.00. The number of pyridine rings is 1. The summed E-state index contributed by atoms with van der Waals surface area (Å²) >= 11 is 4.69. The van der Waals surface area contributed by atoms with E-state index in [9.17, 15) is 13.2 Å². The van der Waals surface area contributed by atoms with E-state index in [2.05, 4.69) is 15.0 Å². The van der Waals surface area contributed by atoms with Gasteiger partial charge in [0.05, 0.1) is 28.9 Å². The van der Waals surface area contributed by atoms with Crippen molar-refractivity contribution >= 4 is 39.6 Å². The Labute approximate surface area is 134 Å². The Morgan fingerprint density at radius 1 is 1.39 bits per heavy atom. The summed E-state index contributed by atoms with van der Waals surface area (Å²) in [6, 6.07) is 3.45. The summed E-state index contributed by atoms with van der Waals surface area (Å²) in [6.45, 7) is 1.66. The first-order valence-corrected chi connectivity index (χ1v) is 7.04. The second-order valence-electron chi connectivity index (χ2n) is 5.04. The lowest BCUT2D eigenvalue weighted by atomic mass is 10.0. The molecule has 3 rings (SSSR count). The first-order chi connectivity index (χ1) is 10.8. The molecule has 0 amide bonds. The SMILES string of the molecule is CC(C1=NC(N)C(=S)C(C(F)(F)F)=N1)c1cc2ccoc2cn1. The van der Waals surface area contributed by atoms with E-state index in [4.69, 9.17) is 22.4 Å². The van der Waals surface area contributed by atoms with E-state index in [-0.39, 0.29) is 5.84 Å². The Balaban J connectivity index is 2.00. The van der Waals surface area contributed by atoms with Crippen LogP contribution in [0.15, 0.2) is 39.0 Å². The number of nitrogens with zero attached hydrogens (tertiary/aromatic N) is 3. The molecule has 9 heteroatoms. The summed E-state index contributed by atoms with van der Waals surface area (Å²) < 4.78 is 44.2. The first kappa shape index (κ1) is 15.8. The zero-order valence-corrected chi connectivity index (χ0v) is 12.6. The molecule has 23 heavy (non-hydrogen) atoms. The van der Waals surface area contributed by atoms with E-state index >= 15 is 0 Å². The zero-order valence-electron chi connectivity index (χ0n) is 11.8.